The van der Waals surface area contributed by atoms with E-state index in [4.69, 9.17) is 0 Å². The zero-order valence-corrected chi connectivity index (χ0v) is 9.28. The van der Waals surface area contributed by atoms with Gasteiger partial charge >= 0.3 is 5.69 Å². The van der Waals surface area contributed by atoms with Crippen molar-refractivity contribution >= 4 is 0 Å². The van der Waals surface area contributed by atoms with E-state index in [1.54, 1.807) is 9.13 Å². The van der Waals surface area contributed by atoms with E-state index in [0.29, 0.717) is 0 Å². The van der Waals surface area contributed by atoms with E-state index >= 15 is 0 Å². The summed E-state index contributed by atoms with van der Waals surface area (Å²) in [4.78, 5) is 11.6. The second-order valence-electron chi connectivity index (χ2n) is 4.21. The first-order valence-corrected chi connectivity index (χ1v) is 5.77. The third-order valence-electron chi connectivity index (χ3n) is 2.92. The summed E-state index contributed by atoms with van der Waals surface area (Å²) in [6, 6.07) is 0. The molecule has 2 rings (SSSR count). The highest BCUT2D eigenvalue weighted by molar-refractivity contribution is 4.81. The molecule has 1 aliphatic carbocycles. The van der Waals surface area contributed by atoms with Gasteiger partial charge in [-0.25, -0.2) is 4.79 Å². The third-order valence-corrected chi connectivity index (χ3v) is 2.92. The minimum atomic E-state index is 0.103. The normalized spacial score (nSPS) is 15.8. The fourth-order valence-corrected chi connectivity index (χ4v) is 1.69. The lowest BCUT2D eigenvalue weighted by Crippen LogP contribution is -2.29. The zero-order chi connectivity index (χ0) is 10.7. The quantitative estimate of drug-likeness (QED) is 0.699. The largest absolute Gasteiger partial charge is 0.328 e. The smallest absolute Gasteiger partial charge is 0.315 e. The summed E-state index contributed by atoms with van der Waals surface area (Å²) in [5.74, 6) is 0.905. The Bertz CT molecular complexity index is 362. The molecule has 1 aliphatic rings. The molecule has 1 saturated carbocycles. The van der Waals surface area contributed by atoms with Gasteiger partial charge in [0.25, 0.3) is 0 Å². The van der Waals surface area contributed by atoms with E-state index in [1.165, 1.54) is 12.8 Å². The van der Waals surface area contributed by atoms with Crippen molar-refractivity contribution in [2.24, 2.45) is 5.92 Å². The van der Waals surface area contributed by atoms with E-state index in [2.05, 4.69) is 5.32 Å². The SMILES string of the molecule is CCn1ccn(CCNCC2CC2)c1=O. The number of hydrogen-bond donors (Lipinski definition) is 1. The predicted octanol–water partition coefficient (Wildman–Crippen LogP) is 0.669. The Balaban J connectivity index is 1.76. The molecule has 0 atom stereocenters. The second-order valence-corrected chi connectivity index (χ2v) is 4.21. The molecule has 0 amide bonds. The number of imidazole rings is 1. The van der Waals surface area contributed by atoms with Crippen molar-refractivity contribution in [3.8, 4) is 0 Å². The Kier molecular flexibility index (Phi) is 3.26. The van der Waals surface area contributed by atoms with Crippen molar-refractivity contribution in [3.05, 3.63) is 22.9 Å². The molecule has 1 N–H and O–H groups in total. The highest BCUT2D eigenvalue weighted by atomic mass is 16.1. The molecule has 1 aromatic rings. The average Bonchev–Trinajstić information content (AvgIpc) is 2.99. The van der Waals surface area contributed by atoms with Crippen LogP contribution in [0, 0.1) is 5.92 Å². The number of hydrogen-bond acceptors (Lipinski definition) is 2. The lowest BCUT2D eigenvalue weighted by atomic mass is 10.4. The molecule has 0 bridgehead atoms. The Morgan fingerprint density at radius 1 is 1.40 bits per heavy atom. The lowest BCUT2D eigenvalue weighted by molar-refractivity contribution is 0.556. The number of nitrogens with one attached hydrogen (secondary N) is 1. The van der Waals surface area contributed by atoms with Gasteiger partial charge in [0.2, 0.25) is 0 Å². The van der Waals surface area contributed by atoms with Crippen LogP contribution in [0.5, 0.6) is 0 Å². The van der Waals surface area contributed by atoms with Gasteiger partial charge in [0.15, 0.2) is 0 Å². The summed E-state index contributed by atoms with van der Waals surface area (Å²) < 4.78 is 3.49. The number of aryl methyl sites for hydroxylation is 1. The molecule has 0 unspecified atom stereocenters. The Hall–Kier alpha value is -1.03. The number of aromatic nitrogens is 2. The van der Waals surface area contributed by atoms with Gasteiger partial charge < -0.3 is 5.32 Å². The molecule has 1 fully saturated rings. The highest BCUT2D eigenvalue weighted by Gasteiger charge is 2.19. The molecule has 4 nitrogen and oxygen atoms in total. The summed E-state index contributed by atoms with van der Waals surface area (Å²) in [5.41, 5.74) is 0.103. The first-order chi connectivity index (χ1) is 7.31. The van der Waals surface area contributed by atoms with Gasteiger partial charge in [-0.3, -0.25) is 9.13 Å². The fraction of sp³-hybridized carbons (Fsp3) is 0.727. The van der Waals surface area contributed by atoms with Crippen LogP contribution in [-0.2, 0) is 13.1 Å². The van der Waals surface area contributed by atoms with E-state index in [0.717, 1.165) is 32.1 Å². The molecule has 1 heterocycles. The summed E-state index contributed by atoms with van der Waals surface area (Å²) in [5, 5.41) is 3.38. The summed E-state index contributed by atoms with van der Waals surface area (Å²) in [6.45, 7) is 5.52. The summed E-state index contributed by atoms with van der Waals surface area (Å²) >= 11 is 0. The summed E-state index contributed by atoms with van der Waals surface area (Å²) in [7, 11) is 0. The van der Waals surface area contributed by atoms with Crippen LogP contribution in [0.4, 0.5) is 0 Å². The predicted molar refractivity (Wildman–Crippen MR) is 60.0 cm³/mol. The zero-order valence-electron chi connectivity index (χ0n) is 9.28. The van der Waals surface area contributed by atoms with Gasteiger partial charge in [0.05, 0.1) is 0 Å². The monoisotopic (exact) mass is 209 g/mol. The van der Waals surface area contributed by atoms with Crippen molar-refractivity contribution in [2.45, 2.75) is 32.9 Å². The van der Waals surface area contributed by atoms with Crippen LogP contribution in [0.15, 0.2) is 17.2 Å². The van der Waals surface area contributed by atoms with Crippen LogP contribution >= 0.6 is 0 Å². The van der Waals surface area contributed by atoms with E-state index < -0.39 is 0 Å². The molecule has 15 heavy (non-hydrogen) atoms. The molecule has 1 aromatic heterocycles. The molecule has 0 saturated heterocycles. The van der Waals surface area contributed by atoms with Gasteiger partial charge in [-0.15, -0.1) is 0 Å². The van der Waals surface area contributed by atoms with Crippen LogP contribution in [0.1, 0.15) is 19.8 Å². The van der Waals surface area contributed by atoms with Crippen molar-refractivity contribution in [1.82, 2.24) is 14.5 Å². The van der Waals surface area contributed by atoms with Crippen LogP contribution in [0.3, 0.4) is 0 Å². The van der Waals surface area contributed by atoms with Crippen molar-refractivity contribution in [2.75, 3.05) is 13.1 Å². The van der Waals surface area contributed by atoms with Crippen molar-refractivity contribution in [3.63, 3.8) is 0 Å². The molecule has 4 heteroatoms. The minimum absolute atomic E-state index is 0.103. The van der Waals surface area contributed by atoms with Crippen LogP contribution in [0.25, 0.3) is 0 Å². The maximum Gasteiger partial charge on any atom is 0.328 e. The Labute approximate surface area is 89.9 Å². The van der Waals surface area contributed by atoms with Gasteiger partial charge in [-0.2, -0.15) is 0 Å². The molecular weight excluding hydrogens is 190 g/mol. The average molecular weight is 209 g/mol. The maximum atomic E-state index is 11.6. The first-order valence-electron chi connectivity index (χ1n) is 5.77. The second kappa shape index (κ2) is 4.66. The highest BCUT2D eigenvalue weighted by Crippen LogP contribution is 2.27. The Morgan fingerprint density at radius 3 is 2.73 bits per heavy atom. The molecule has 0 aliphatic heterocycles. The van der Waals surface area contributed by atoms with E-state index in [-0.39, 0.29) is 5.69 Å². The number of nitrogens with zero attached hydrogens (tertiary/aromatic N) is 2. The van der Waals surface area contributed by atoms with Crippen LogP contribution in [-0.4, -0.2) is 22.2 Å². The van der Waals surface area contributed by atoms with Crippen molar-refractivity contribution < 1.29 is 0 Å². The van der Waals surface area contributed by atoms with Gasteiger partial charge in [-0.1, -0.05) is 0 Å². The molecular formula is C11H19N3O. The lowest BCUT2D eigenvalue weighted by Gasteiger charge is -2.03. The number of rotatable bonds is 6. The minimum Gasteiger partial charge on any atom is -0.315 e. The Morgan fingerprint density at radius 2 is 2.13 bits per heavy atom. The van der Waals surface area contributed by atoms with Gasteiger partial charge in [0.1, 0.15) is 0 Å². The van der Waals surface area contributed by atoms with E-state index in [1.807, 2.05) is 19.3 Å². The molecule has 84 valence electrons. The molecule has 0 aromatic carbocycles. The molecule has 0 radical (unpaired) electrons. The van der Waals surface area contributed by atoms with E-state index in [9.17, 15) is 4.79 Å². The van der Waals surface area contributed by atoms with Gasteiger partial charge in [0, 0.05) is 32.0 Å². The van der Waals surface area contributed by atoms with Crippen molar-refractivity contribution in [1.29, 1.82) is 0 Å². The standard InChI is InChI=1S/C11H19N3O/c1-2-13-7-8-14(11(13)15)6-5-12-9-10-3-4-10/h7-8,10,12H,2-6,9H2,1H3. The maximum absolute atomic E-state index is 11.6. The summed E-state index contributed by atoms with van der Waals surface area (Å²) in [6.07, 6.45) is 6.46. The topological polar surface area (TPSA) is 39.0 Å². The first kappa shape index (κ1) is 10.5. The van der Waals surface area contributed by atoms with Crippen LogP contribution in [0.2, 0.25) is 0 Å². The fourth-order valence-electron chi connectivity index (χ4n) is 1.69. The third kappa shape index (κ3) is 2.72. The van der Waals surface area contributed by atoms with Gasteiger partial charge in [-0.05, 0) is 32.2 Å². The van der Waals surface area contributed by atoms with Crippen LogP contribution < -0.4 is 11.0 Å². The molecule has 0 spiro atoms.